The first-order valence-corrected chi connectivity index (χ1v) is 11.6. The predicted octanol–water partition coefficient (Wildman–Crippen LogP) is 2.88. The SMILES string of the molecule is CCc1nnc(-c2csc(S(=O)(=O)N3CCN(c4cccc(OC)c4)CC3)c2)o1. The van der Waals surface area contributed by atoms with Crippen molar-refractivity contribution >= 4 is 27.0 Å². The molecule has 1 fully saturated rings. The fourth-order valence-electron chi connectivity index (χ4n) is 3.20. The van der Waals surface area contributed by atoms with Crippen molar-refractivity contribution in [1.29, 1.82) is 0 Å². The molecule has 4 rings (SSSR count). The van der Waals surface area contributed by atoms with Gasteiger partial charge in [-0.15, -0.1) is 21.5 Å². The summed E-state index contributed by atoms with van der Waals surface area (Å²) in [6.07, 6.45) is 0.639. The largest absolute Gasteiger partial charge is 0.497 e. The number of thiophene rings is 1. The van der Waals surface area contributed by atoms with Gasteiger partial charge in [0.15, 0.2) is 0 Å². The van der Waals surface area contributed by atoms with Crippen molar-refractivity contribution in [3.8, 4) is 17.2 Å². The molecule has 0 aliphatic carbocycles. The molecule has 10 heteroatoms. The van der Waals surface area contributed by atoms with E-state index in [-0.39, 0.29) is 0 Å². The second-order valence-electron chi connectivity index (χ2n) is 6.60. The number of nitrogens with zero attached hydrogens (tertiary/aromatic N) is 4. The highest BCUT2D eigenvalue weighted by atomic mass is 32.2. The molecular formula is C19H22N4O4S2. The first-order valence-electron chi connectivity index (χ1n) is 9.31. The first kappa shape index (κ1) is 19.9. The maximum absolute atomic E-state index is 13.1. The van der Waals surface area contributed by atoms with Crippen LogP contribution in [-0.2, 0) is 16.4 Å². The average molecular weight is 435 g/mol. The highest BCUT2D eigenvalue weighted by molar-refractivity contribution is 7.91. The Hall–Kier alpha value is -2.43. The second-order valence-corrected chi connectivity index (χ2v) is 9.68. The van der Waals surface area contributed by atoms with Gasteiger partial charge in [-0.05, 0) is 18.2 Å². The van der Waals surface area contributed by atoms with E-state index in [0.29, 0.717) is 54.2 Å². The number of piperazine rings is 1. The fraction of sp³-hybridized carbons (Fsp3) is 0.368. The molecular weight excluding hydrogens is 412 g/mol. The number of aryl methyl sites for hydroxylation is 1. The van der Waals surface area contributed by atoms with Crippen LogP contribution in [0.3, 0.4) is 0 Å². The molecule has 0 spiro atoms. The molecule has 3 aromatic rings. The third-order valence-corrected chi connectivity index (χ3v) is 8.16. The van der Waals surface area contributed by atoms with Gasteiger partial charge in [0.2, 0.25) is 11.8 Å². The van der Waals surface area contributed by atoms with E-state index < -0.39 is 10.0 Å². The van der Waals surface area contributed by atoms with Crippen molar-refractivity contribution in [2.24, 2.45) is 0 Å². The van der Waals surface area contributed by atoms with Crippen molar-refractivity contribution in [2.45, 2.75) is 17.6 Å². The van der Waals surface area contributed by atoms with Crippen LogP contribution in [0.5, 0.6) is 5.75 Å². The van der Waals surface area contributed by atoms with E-state index >= 15 is 0 Å². The standard InChI is InChI=1S/C19H22N4O4S2/c1-3-17-20-21-19(27-17)14-11-18(28-13-14)29(24,25)23-9-7-22(8-10-23)15-5-4-6-16(12-15)26-2/h4-6,11-13H,3,7-10H2,1-2H3. The smallest absolute Gasteiger partial charge is 0.252 e. The van der Waals surface area contributed by atoms with E-state index in [0.717, 1.165) is 11.4 Å². The molecule has 3 heterocycles. The maximum atomic E-state index is 13.1. The lowest BCUT2D eigenvalue weighted by molar-refractivity contribution is 0.385. The summed E-state index contributed by atoms with van der Waals surface area (Å²) in [5, 5.41) is 9.67. The quantitative estimate of drug-likeness (QED) is 0.589. The van der Waals surface area contributed by atoms with Crippen LogP contribution in [0.1, 0.15) is 12.8 Å². The van der Waals surface area contributed by atoms with Crippen molar-refractivity contribution < 1.29 is 17.6 Å². The van der Waals surface area contributed by atoms with Crippen LogP contribution in [0.25, 0.3) is 11.5 Å². The Morgan fingerprint density at radius 3 is 2.66 bits per heavy atom. The van der Waals surface area contributed by atoms with Crippen molar-refractivity contribution in [1.82, 2.24) is 14.5 Å². The molecule has 0 bridgehead atoms. The molecule has 0 radical (unpaired) electrons. The van der Waals surface area contributed by atoms with E-state index in [4.69, 9.17) is 9.15 Å². The number of benzene rings is 1. The van der Waals surface area contributed by atoms with Gasteiger partial charge in [0.05, 0.1) is 12.7 Å². The van der Waals surface area contributed by atoms with Crippen molar-refractivity contribution in [3.63, 3.8) is 0 Å². The van der Waals surface area contributed by atoms with Gasteiger partial charge in [0, 0.05) is 49.7 Å². The summed E-state index contributed by atoms with van der Waals surface area (Å²) in [5.74, 6) is 1.67. The zero-order chi connectivity index (χ0) is 20.4. The summed E-state index contributed by atoms with van der Waals surface area (Å²) in [4.78, 5) is 2.17. The number of methoxy groups -OCH3 is 1. The van der Waals surface area contributed by atoms with Gasteiger partial charge in [0.1, 0.15) is 9.96 Å². The fourth-order valence-corrected chi connectivity index (χ4v) is 5.93. The molecule has 0 N–H and O–H groups in total. The molecule has 0 amide bonds. The van der Waals surface area contributed by atoms with E-state index in [1.54, 1.807) is 18.6 Å². The first-order chi connectivity index (χ1) is 14.0. The van der Waals surface area contributed by atoms with E-state index in [1.165, 1.54) is 15.6 Å². The minimum Gasteiger partial charge on any atom is -0.497 e. The molecule has 1 saturated heterocycles. The molecule has 0 saturated carbocycles. The summed E-state index contributed by atoms with van der Waals surface area (Å²) in [7, 11) is -1.92. The van der Waals surface area contributed by atoms with Crippen LogP contribution in [0.2, 0.25) is 0 Å². The number of hydrogen-bond donors (Lipinski definition) is 0. The minimum atomic E-state index is -3.56. The summed E-state index contributed by atoms with van der Waals surface area (Å²) in [6, 6.07) is 9.41. The van der Waals surface area contributed by atoms with Gasteiger partial charge in [-0.25, -0.2) is 8.42 Å². The Morgan fingerprint density at radius 2 is 1.97 bits per heavy atom. The van der Waals surface area contributed by atoms with Gasteiger partial charge >= 0.3 is 0 Å². The normalized spacial score (nSPS) is 15.6. The third-order valence-electron chi connectivity index (χ3n) is 4.84. The van der Waals surface area contributed by atoms with Crippen LogP contribution < -0.4 is 9.64 Å². The molecule has 29 heavy (non-hydrogen) atoms. The molecule has 0 atom stereocenters. The topological polar surface area (TPSA) is 88.8 Å². The lowest BCUT2D eigenvalue weighted by atomic mass is 10.2. The summed E-state index contributed by atoms with van der Waals surface area (Å²) in [5.41, 5.74) is 1.67. The lowest BCUT2D eigenvalue weighted by Crippen LogP contribution is -2.48. The van der Waals surface area contributed by atoms with E-state index in [1.807, 2.05) is 31.2 Å². The zero-order valence-corrected chi connectivity index (χ0v) is 17.9. The predicted molar refractivity (Wildman–Crippen MR) is 111 cm³/mol. The average Bonchev–Trinajstić information content (AvgIpc) is 3.43. The number of aromatic nitrogens is 2. The number of hydrogen-bond acceptors (Lipinski definition) is 8. The molecule has 8 nitrogen and oxygen atoms in total. The van der Waals surface area contributed by atoms with Crippen molar-refractivity contribution in [2.75, 3.05) is 38.2 Å². The van der Waals surface area contributed by atoms with Crippen LogP contribution in [0, 0.1) is 0 Å². The minimum absolute atomic E-state index is 0.290. The molecule has 2 aromatic heterocycles. The maximum Gasteiger partial charge on any atom is 0.252 e. The van der Waals surface area contributed by atoms with Crippen LogP contribution in [0.4, 0.5) is 5.69 Å². The van der Waals surface area contributed by atoms with Crippen LogP contribution in [-0.4, -0.2) is 56.2 Å². The van der Waals surface area contributed by atoms with Gasteiger partial charge in [-0.1, -0.05) is 13.0 Å². The highest BCUT2D eigenvalue weighted by Crippen LogP contribution is 2.31. The monoisotopic (exact) mass is 434 g/mol. The molecule has 1 aliphatic heterocycles. The Bertz CT molecular complexity index is 1090. The molecule has 1 aromatic carbocycles. The molecule has 1 aliphatic rings. The zero-order valence-electron chi connectivity index (χ0n) is 16.2. The lowest BCUT2D eigenvalue weighted by Gasteiger charge is -2.35. The van der Waals surface area contributed by atoms with E-state index in [2.05, 4.69) is 15.1 Å². The highest BCUT2D eigenvalue weighted by Gasteiger charge is 2.30. The number of ether oxygens (including phenoxy) is 1. The number of anilines is 1. The van der Waals surface area contributed by atoms with Crippen LogP contribution in [0.15, 0.2) is 44.3 Å². The number of rotatable bonds is 6. The number of sulfonamides is 1. The van der Waals surface area contributed by atoms with E-state index in [9.17, 15) is 8.42 Å². The van der Waals surface area contributed by atoms with Crippen molar-refractivity contribution in [3.05, 3.63) is 41.6 Å². The summed E-state index contributed by atoms with van der Waals surface area (Å²) in [6.45, 7) is 4.01. The van der Waals surface area contributed by atoms with Gasteiger partial charge in [0.25, 0.3) is 10.0 Å². The van der Waals surface area contributed by atoms with Gasteiger partial charge in [-0.2, -0.15) is 4.31 Å². The summed E-state index contributed by atoms with van der Waals surface area (Å²) < 4.78 is 38.8. The summed E-state index contributed by atoms with van der Waals surface area (Å²) >= 11 is 1.18. The van der Waals surface area contributed by atoms with Gasteiger partial charge < -0.3 is 14.1 Å². The third kappa shape index (κ3) is 4.00. The Labute approximate surface area is 173 Å². The molecule has 154 valence electrons. The van der Waals surface area contributed by atoms with Gasteiger partial charge in [-0.3, -0.25) is 0 Å². The molecule has 0 unspecified atom stereocenters. The second kappa shape index (κ2) is 8.13. The van der Waals surface area contributed by atoms with Crippen LogP contribution >= 0.6 is 11.3 Å². The Morgan fingerprint density at radius 1 is 1.17 bits per heavy atom. The Kier molecular flexibility index (Phi) is 5.57. The Balaban J connectivity index is 1.46.